The molecule has 0 radical (unpaired) electrons. The van der Waals surface area contributed by atoms with E-state index >= 15 is 0 Å². The van der Waals surface area contributed by atoms with Crippen LogP contribution in [0.1, 0.15) is 51.0 Å². The Labute approximate surface area is 119 Å². The predicted molar refractivity (Wildman–Crippen MR) is 75.5 cm³/mol. The summed E-state index contributed by atoms with van der Waals surface area (Å²) in [5.74, 6) is -1.73. The number of rotatable bonds is 3. The highest BCUT2D eigenvalue weighted by atomic mass is 19.1. The summed E-state index contributed by atoms with van der Waals surface area (Å²) >= 11 is 0. The first-order valence-electron chi connectivity index (χ1n) is 7.15. The molecule has 1 saturated carbocycles. The molecule has 0 aromatic heterocycles. The number of carbonyl (C=O) groups is 1. The van der Waals surface area contributed by atoms with Gasteiger partial charge in [-0.1, -0.05) is 44.9 Å². The topological polar surface area (TPSA) is 40.9 Å². The molecule has 0 N–H and O–H groups in total. The molecule has 1 aromatic carbocycles. The third-order valence-corrected chi connectivity index (χ3v) is 4.48. The molecular weight excluding hydrogens is 253 g/mol. The number of nitrogens with zero attached hydrogens (tertiary/aromatic N) is 1. The number of benzene rings is 1. The molecule has 20 heavy (non-hydrogen) atoms. The van der Waals surface area contributed by atoms with Gasteiger partial charge in [0.2, 0.25) is 0 Å². The highest BCUT2D eigenvalue weighted by molar-refractivity contribution is 5.91. The van der Waals surface area contributed by atoms with Gasteiger partial charge in [-0.25, -0.2) is 4.39 Å². The molecule has 106 valence electrons. The second-order valence-electron chi connectivity index (χ2n) is 6.27. The third kappa shape index (κ3) is 2.75. The van der Waals surface area contributed by atoms with Gasteiger partial charge in [-0.05, 0) is 24.3 Å². The van der Waals surface area contributed by atoms with Crippen LogP contribution in [0.25, 0.3) is 0 Å². The average Bonchev–Trinajstić information content (AvgIpc) is 2.41. The Morgan fingerprint density at radius 2 is 2.10 bits per heavy atom. The van der Waals surface area contributed by atoms with Crippen molar-refractivity contribution in [3.63, 3.8) is 0 Å². The van der Waals surface area contributed by atoms with E-state index in [-0.39, 0.29) is 22.7 Å². The number of hydrogen-bond donors (Lipinski definition) is 0. The summed E-state index contributed by atoms with van der Waals surface area (Å²) in [5, 5.41) is 9.34. The monoisotopic (exact) mass is 273 g/mol. The number of Topliss-reactive ketones (excluding diaryl/α,β-unsaturated/α-hetero) is 1. The molecule has 2 rings (SSSR count). The van der Waals surface area contributed by atoms with Crippen molar-refractivity contribution in [1.82, 2.24) is 0 Å². The molecule has 1 aliphatic carbocycles. The van der Waals surface area contributed by atoms with Crippen molar-refractivity contribution in [2.24, 2.45) is 11.3 Å². The standard InChI is InChI=1S/C17H20FNO/c1-17(2)10-6-5-8-14(17)16(20)13(11-19)12-7-3-4-9-15(12)18/h3-4,7,9,13-14H,5-6,8,10H2,1-2H3. The van der Waals surface area contributed by atoms with Gasteiger partial charge in [-0.15, -0.1) is 0 Å². The molecule has 2 atom stereocenters. The first-order chi connectivity index (χ1) is 9.47. The zero-order valence-corrected chi connectivity index (χ0v) is 12.0. The van der Waals surface area contributed by atoms with Gasteiger partial charge in [0.05, 0.1) is 6.07 Å². The number of ketones is 1. The van der Waals surface area contributed by atoms with Crippen molar-refractivity contribution in [2.45, 2.75) is 45.4 Å². The summed E-state index contributed by atoms with van der Waals surface area (Å²) in [7, 11) is 0. The SMILES string of the molecule is CC1(C)CCCCC1C(=O)C(C#N)c1ccccc1F. The molecule has 1 aromatic rings. The molecular formula is C17H20FNO. The number of halogens is 1. The lowest BCUT2D eigenvalue weighted by molar-refractivity contribution is -0.128. The van der Waals surface area contributed by atoms with Crippen LogP contribution >= 0.6 is 0 Å². The summed E-state index contributed by atoms with van der Waals surface area (Å²) in [6.07, 6.45) is 3.92. The lowest BCUT2D eigenvalue weighted by Gasteiger charge is -2.38. The average molecular weight is 273 g/mol. The summed E-state index contributed by atoms with van der Waals surface area (Å²) in [5.41, 5.74) is 0.108. The van der Waals surface area contributed by atoms with Gasteiger partial charge in [0.25, 0.3) is 0 Å². The van der Waals surface area contributed by atoms with Crippen LogP contribution in [0.3, 0.4) is 0 Å². The van der Waals surface area contributed by atoms with Crippen LogP contribution in [0.2, 0.25) is 0 Å². The Morgan fingerprint density at radius 1 is 1.40 bits per heavy atom. The van der Waals surface area contributed by atoms with Crippen LogP contribution < -0.4 is 0 Å². The van der Waals surface area contributed by atoms with Gasteiger partial charge < -0.3 is 0 Å². The molecule has 3 heteroatoms. The quantitative estimate of drug-likeness (QED) is 0.827. The van der Waals surface area contributed by atoms with Gasteiger partial charge in [-0.2, -0.15) is 5.26 Å². The predicted octanol–water partition coefficient (Wildman–Crippen LogP) is 4.22. The van der Waals surface area contributed by atoms with E-state index in [1.54, 1.807) is 12.1 Å². The van der Waals surface area contributed by atoms with E-state index in [1.165, 1.54) is 12.1 Å². The normalized spacial score (nSPS) is 22.8. The largest absolute Gasteiger partial charge is 0.298 e. The highest BCUT2D eigenvalue weighted by Crippen LogP contribution is 2.43. The van der Waals surface area contributed by atoms with Crippen molar-refractivity contribution in [2.75, 3.05) is 0 Å². The maximum Gasteiger partial charge on any atom is 0.158 e. The van der Waals surface area contributed by atoms with Gasteiger partial charge in [-0.3, -0.25) is 4.79 Å². The van der Waals surface area contributed by atoms with E-state index in [2.05, 4.69) is 13.8 Å². The minimum absolute atomic E-state index is 0.101. The molecule has 1 aliphatic rings. The fourth-order valence-electron chi connectivity index (χ4n) is 3.22. The summed E-state index contributed by atoms with van der Waals surface area (Å²) < 4.78 is 13.8. The van der Waals surface area contributed by atoms with E-state index in [4.69, 9.17) is 0 Å². The molecule has 0 amide bonds. The first kappa shape index (κ1) is 14.7. The van der Waals surface area contributed by atoms with Gasteiger partial charge in [0.15, 0.2) is 5.78 Å². The lowest BCUT2D eigenvalue weighted by atomic mass is 9.65. The molecule has 2 unspecified atom stereocenters. The van der Waals surface area contributed by atoms with Gasteiger partial charge >= 0.3 is 0 Å². The Balaban J connectivity index is 2.31. The van der Waals surface area contributed by atoms with Crippen LogP contribution in [0.15, 0.2) is 24.3 Å². The van der Waals surface area contributed by atoms with E-state index in [0.29, 0.717) is 0 Å². The van der Waals surface area contributed by atoms with Crippen molar-refractivity contribution in [1.29, 1.82) is 5.26 Å². The van der Waals surface area contributed by atoms with Crippen molar-refractivity contribution >= 4 is 5.78 Å². The smallest absolute Gasteiger partial charge is 0.158 e. The second kappa shape index (κ2) is 5.75. The van der Waals surface area contributed by atoms with Crippen LogP contribution in [0, 0.1) is 28.5 Å². The number of nitriles is 1. The maximum atomic E-state index is 13.8. The summed E-state index contributed by atoms with van der Waals surface area (Å²) in [4.78, 5) is 12.7. The van der Waals surface area contributed by atoms with Crippen LogP contribution in [0.4, 0.5) is 4.39 Å². The van der Waals surface area contributed by atoms with Gasteiger partial charge in [0, 0.05) is 11.5 Å². The molecule has 0 saturated heterocycles. The van der Waals surface area contributed by atoms with E-state index in [0.717, 1.165) is 25.7 Å². The van der Waals surface area contributed by atoms with Crippen LogP contribution in [-0.4, -0.2) is 5.78 Å². The fourth-order valence-corrected chi connectivity index (χ4v) is 3.22. The minimum Gasteiger partial charge on any atom is -0.298 e. The van der Waals surface area contributed by atoms with Crippen LogP contribution in [0.5, 0.6) is 0 Å². The Hall–Kier alpha value is -1.69. The Morgan fingerprint density at radius 3 is 2.70 bits per heavy atom. The fraction of sp³-hybridized carbons (Fsp3) is 0.529. The Kier molecular flexibility index (Phi) is 4.23. The van der Waals surface area contributed by atoms with E-state index < -0.39 is 11.7 Å². The van der Waals surface area contributed by atoms with Crippen molar-refractivity contribution in [3.8, 4) is 6.07 Å². The highest BCUT2D eigenvalue weighted by Gasteiger charge is 2.40. The third-order valence-electron chi connectivity index (χ3n) is 4.48. The molecule has 0 bridgehead atoms. The molecule has 0 spiro atoms. The van der Waals surface area contributed by atoms with Crippen LogP contribution in [-0.2, 0) is 4.79 Å². The van der Waals surface area contributed by atoms with Crippen molar-refractivity contribution in [3.05, 3.63) is 35.6 Å². The lowest BCUT2D eigenvalue weighted by Crippen LogP contribution is -2.36. The van der Waals surface area contributed by atoms with E-state index in [1.807, 2.05) is 6.07 Å². The molecule has 2 nitrogen and oxygen atoms in total. The Bertz CT molecular complexity index is 544. The number of hydrogen-bond acceptors (Lipinski definition) is 2. The zero-order valence-electron chi connectivity index (χ0n) is 12.0. The summed E-state index contributed by atoms with van der Waals surface area (Å²) in [6, 6.07) is 8.09. The van der Waals surface area contributed by atoms with Crippen molar-refractivity contribution < 1.29 is 9.18 Å². The first-order valence-corrected chi connectivity index (χ1v) is 7.15. The minimum atomic E-state index is -0.987. The number of carbonyl (C=O) groups excluding carboxylic acids is 1. The molecule has 1 fully saturated rings. The second-order valence-corrected chi connectivity index (χ2v) is 6.27. The zero-order chi connectivity index (χ0) is 14.8. The molecule has 0 aliphatic heterocycles. The summed E-state index contributed by atoms with van der Waals surface area (Å²) in [6.45, 7) is 4.15. The van der Waals surface area contributed by atoms with Gasteiger partial charge in [0.1, 0.15) is 11.7 Å². The van der Waals surface area contributed by atoms with E-state index in [9.17, 15) is 14.4 Å². The molecule has 0 heterocycles. The maximum absolute atomic E-state index is 13.8.